The van der Waals surface area contributed by atoms with Crippen molar-refractivity contribution in [2.45, 2.75) is 39.0 Å². The summed E-state index contributed by atoms with van der Waals surface area (Å²) in [6, 6.07) is 3.34. The van der Waals surface area contributed by atoms with Crippen molar-refractivity contribution >= 4 is 5.97 Å². The molecule has 0 spiro atoms. The molecule has 3 nitrogen and oxygen atoms in total. The number of carbonyl (C=O) groups is 1. The van der Waals surface area contributed by atoms with Gasteiger partial charge < -0.3 is 5.11 Å². The molecule has 92 valence electrons. The van der Waals surface area contributed by atoms with Crippen LogP contribution in [0.3, 0.4) is 0 Å². The number of carboxylic acid groups (broad SMARTS) is 1. The SMILES string of the molecule is CC1CCCC(Cc2ncccc2C(=O)O)C1. The summed E-state index contributed by atoms with van der Waals surface area (Å²) in [4.78, 5) is 15.3. The first-order valence-corrected chi connectivity index (χ1v) is 6.34. The maximum Gasteiger partial charge on any atom is 0.337 e. The second-order valence-electron chi connectivity index (χ2n) is 5.14. The van der Waals surface area contributed by atoms with Crippen LogP contribution >= 0.6 is 0 Å². The van der Waals surface area contributed by atoms with E-state index in [2.05, 4.69) is 11.9 Å². The van der Waals surface area contributed by atoms with Gasteiger partial charge in [0.15, 0.2) is 0 Å². The lowest BCUT2D eigenvalue weighted by Crippen LogP contribution is -2.17. The van der Waals surface area contributed by atoms with Gasteiger partial charge in [-0.1, -0.05) is 26.2 Å². The molecular formula is C14H19NO2. The summed E-state index contributed by atoms with van der Waals surface area (Å²) >= 11 is 0. The zero-order valence-corrected chi connectivity index (χ0v) is 10.2. The topological polar surface area (TPSA) is 50.2 Å². The zero-order valence-electron chi connectivity index (χ0n) is 10.2. The molecule has 2 rings (SSSR count). The van der Waals surface area contributed by atoms with Crippen molar-refractivity contribution < 1.29 is 9.90 Å². The number of aromatic nitrogens is 1. The van der Waals surface area contributed by atoms with E-state index in [0.29, 0.717) is 11.5 Å². The number of hydrogen-bond acceptors (Lipinski definition) is 2. The smallest absolute Gasteiger partial charge is 0.337 e. The van der Waals surface area contributed by atoms with Gasteiger partial charge in [-0.3, -0.25) is 4.98 Å². The highest BCUT2D eigenvalue weighted by atomic mass is 16.4. The molecule has 1 aromatic heterocycles. The molecule has 2 atom stereocenters. The standard InChI is InChI=1S/C14H19NO2/c1-10-4-2-5-11(8-10)9-13-12(14(16)17)6-3-7-15-13/h3,6-7,10-11H,2,4-5,8-9H2,1H3,(H,16,17). The summed E-state index contributed by atoms with van der Waals surface area (Å²) in [5.41, 5.74) is 1.12. The largest absolute Gasteiger partial charge is 0.478 e. The van der Waals surface area contributed by atoms with E-state index in [1.54, 1.807) is 18.3 Å². The first kappa shape index (κ1) is 12.1. The molecule has 1 fully saturated rings. The van der Waals surface area contributed by atoms with E-state index < -0.39 is 5.97 Å². The zero-order chi connectivity index (χ0) is 12.3. The molecule has 1 aliphatic rings. The second-order valence-corrected chi connectivity index (χ2v) is 5.14. The van der Waals surface area contributed by atoms with E-state index in [4.69, 9.17) is 5.11 Å². The molecule has 0 saturated heterocycles. The Labute approximate surface area is 102 Å². The van der Waals surface area contributed by atoms with Gasteiger partial charge in [0.25, 0.3) is 0 Å². The number of rotatable bonds is 3. The molecule has 2 unspecified atom stereocenters. The van der Waals surface area contributed by atoms with Crippen LogP contribution in [0.1, 0.15) is 48.7 Å². The minimum absolute atomic E-state index is 0.366. The summed E-state index contributed by atoms with van der Waals surface area (Å²) in [6.07, 6.45) is 7.49. The Hall–Kier alpha value is -1.38. The molecule has 0 aromatic carbocycles. The van der Waals surface area contributed by atoms with Crippen molar-refractivity contribution in [3.8, 4) is 0 Å². The van der Waals surface area contributed by atoms with E-state index in [1.165, 1.54) is 25.7 Å². The van der Waals surface area contributed by atoms with Crippen LogP contribution in [0.15, 0.2) is 18.3 Å². The number of hydrogen-bond donors (Lipinski definition) is 1. The van der Waals surface area contributed by atoms with Crippen molar-refractivity contribution in [2.75, 3.05) is 0 Å². The summed E-state index contributed by atoms with van der Waals surface area (Å²) in [5.74, 6) is 0.509. The molecule has 0 aliphatic heterocycles. The quantitative estimate of drug-likeness (QED) is 0.872. The molecule has 1 heterocycles. The van der Waals surface area contributed by atoms with Crippen LogP contribution in [-0.2, 0) is 6.42 Å². The van der Waals surface area contributed by atoms with Crippen LogP contribution < -0.4 is 0 Å². The van der Waals surface area contributed by atoms with Gasteiger partial charge in [0, 0.05) is 6.20 Å². The van der Waals surface area contributed by atoms with E-state index in [0.717, 1.165) is 18.0 Å². The highest BCUT2D eigenvalue weighted by Crippen LogP contribution is 2.31. The van der Waals surface area contributed by atoms with Gasteiger partial charge >= 0.3 is 5.97 Å². The molecule has 0 amide bonds. The summed E-state index contributed by atoms with van der Waals surface area (Å²) in [7, 11) is 0. The highest BCUT2D eigenvalue weighted by Gasteiger charge is 2.21. The number of nitrogens with zero attached hydrogens (tertiary/aromatic N) is 1. The van der Waals surface area contributed by atoms with Crippen molar-refractivity contribution in [2.24, 2.45) is 11.8 Å². The van der Waals surface area contributed by atoms with Gasteiger partial charge in [-0.15, -0.1) is 0 Å². The molecule has 0 radical (unpaired) electrons. The van der Waals surface area contributed by atoms with E-state index >= 15 is 0 Å². The average Bonchev–Trinajstić information content (AvgIpc) is 2.29. The van der Waals surface area contributed by atoms with Gasteiger partial charge in [0.2, 0.25) is 0 Å². The predicted molar refractivity (Wildman–Crippen MR) is 66.0 cm³/mol. The fourth-order valence-electron chi connectivity index (χ4n) is 2.81. The van der Waals surface area contributed by atoms with Crippen LogP contribution in [0.2, 0.25) is 0 Å². The van der Waals surface area contributed by atoms with Crippen LogP contribution in [0.25, 0.3) is 0 Å². The Bertz CT molecular complexity index is 403. The number of aromatic carboxylic acids is 1. The van der Waals surface area contributed by atoms with E-state index in [1.807, 2.05) is 0 Å². The second kappa shape index (κ2) is 5.30. The Morgan fingerprint density at radius 2 is 2.35 bits per heavy atom. The lowest BCUT2D eigenvalue weighted by Gasteiger charge is -2.26. The fraction of sp³-hybridized carbons (Fsp3) is 0.571. The van der Waals surface area contributed by atoms with Crippen LogP contribution in [0.5, 0.6) is 0 Å². The van der Waals surface area contributed by atoms with Gasteiger partial charge in [0.1, 0.15) is 0 Å². The summed E-state index contributed by atoms with van der Waals surface area (Å²) in [6.45, 7) is 2.28. The summed E-state index contributed by atoms with van der Waals surface area (Å²) < 4.78 is 0. The minimum Gasteiger partial charge on any atom is -0.478 e. The monoisotopic (exact) mass is 233 g/mol. The first-order chi connectivity index (χ1) is 8.16. The van der Waals surface area contributed by atoms with Gasteiger partial charge in [-0.2, -0.15) is 0 Å². The molecule has 1 aliphatic carbocycles. The first-order valence-electron chi connectivity index (χ1n) is 6.34. The molecular weight excluding hydrogens is 214 g/mol. The highest BCUT2D eigenvalue weighted by molar-refractivity contribution is 5.88. The molecule has 0 bridgehead atoms. The Morgan fingerprint density at radius 1 is 1.53 bits per heavy atom. The summed E-state index contributed by atoms with van der Waals surface area (Å²) in [5, 5.41) is 9.11. The lowest BCUT2D eigenvalue weighted by molar-refractivity contribution is 0.0694. The lowest BCUT2D eigenvalue weighted by atomic mass is 9.80. The molecule has 17 heavy (non-hydrogen) atoms. The Kier molecular flexibility index (Phi) is 3.77. The molecule has 1 N–H and O–H groups in total. The average molecular weight is 233 g/mol. The predicted octanol–water partition coefficient (Wildman–Crippen LogP) is 3.15. The molecule has 3 heteroatoms. The molecule has 1 aromatic rings. The fourth-order valence-corrected chi connectivity index (χ4v) is 2.81. The number of pyridine rings is 1. The minimum atomic E-state index is -0.864. The third-order valence-corrected chi connectivity index (χ3v) is 3.65. The van der Waals surface area contributed by atoms with Crippen molar-refractivity contribution in [1.29, 1.82) is 0 Å². The van der Waals surface area contributed by atoms with Crippen LogP contribution in [-0.4, -0.2) is 16.1 Å². The maximum absolute atomic E-state index is 11.1. The van der Waals surface area contributed by atoms with E-state index in [-0.39, 0.29) is 0 Å². The third-order valence-electron chi connectivity index (χ3n) is 3.65. The van der Waals surface area contributed by atoms with Gasteiger partial charge in [-0.25, -0.2) is 4.79 Å². The molecule has 1 saturated carbocycles. The number of carboxylic acids is 1. The Morgan fingerprint density at radius 3 is 3.06 bits per heavy atom. The van der Waals surface area contributed by atoms with Crippen molar-refractivity contribution in [3.63, 3.8) is 0 Å². The van der Waals surface area contributed by atoms with Crippen LogP contribution in [0.4, 0.5) is 0 Å². The normalized spacial score (nSPS) is 24.5. The third kappa shape index (κ3) is 3.05. The van der Waals surface area contributed by atoms with Crippen molar-refractivity contribution in [3.05, 3.63) is 29.6 Å². The maximum atomic E-state index is 11.1. The van der Waals surface area contributed by atoms with Gasteiger partial charge in [-0.05, 0) is 36.8 Å². The van der Waals surface area contributed by atoms with Gasteiger partial charge in [0.05, 0.1) is 11.3 Å². The van der Waals surface area contributed by atoms with E-state index in [9.17, 15) is 4.79 Å². The van der Waals surface area contributed by atoms with Crippen LogP contribution in [0, 0.1) is 11.8 Å². The van der Waals surface area contributed by atoms with Crippen molar-refractivity contribution in [1.82, 2.24) is 4.98 Å². The Balaban J connectivity index is 2.10.